The highest BCUT2D eigenvalue weighted by atomic mass is 16.2. The van der Waals surface area contributed by atoms with Gasteiger partial charge in [0, 0.05) is 12.2 Å². The molecule has 126 valence electrons. The molecule has 0 unspecified atom stereocenters. The van der Waals surface area contributed by atoms with Crippen LogP contribution in [0.25, 0.3) is 0 Å². The van der Waals surface area contributed by atoms with E-state index in [0.29, 0.717) is 24.1 Å². The van der Waals surface area contributed by atoms with E-state index in [1.54, 1.807) is 0 Å². The molecule has 1 saturated heterocycles. The maximum absolute atomic E-state index is 11.9. The summed E-state index contributed by atoms with van der Waals surface area (Å²) in [5, 5.41) is 5.39. The minimum absolute atomic E-state index is 0.442. The van der Waals surface area contributed by atoms with Gasteiger partial charge in [-0.15, -0.1) is 0 Å². The Kier molecular flexibility index (Phi) is 6.16. The number of amides is 2. The van der Waals surface area contributed by atoms with Crippen molar-refractivity contribution in [2.24, 2.45) is 5.92 Å². The van der Waals surface area contributed by atoms with Crippen molar-refractivity contribution >= 4 is 17.5 Å². The lowest BCUT2D eigenvalue weighted by Gasteiger charge is -2.28. The molecule has 5 nitrogen and oxygen atoms in total. The number of hydrogen-bond donors (Lipinski definition) is 2. The quantitative estimate of drug-likeness (QED) is 0.837. The molecular formula is C18H27N3O2. The van der Waals surface area contributed by atoms with Crippen molar-refractivity contribution < 1.29 is 9.59 Å². The number of carbonyl (C=O) groups is 2. The van der Waals surface area contributed by atoms with E-state index in [-0.39, 0.29) is 0 Å². The monoisotopic (exact) mass is 317 g/mol. The second-order valence-corrected chi connectivity index (χ2v) is 6.69. The fraction of sp³-hybridized carbons (Fsp3) is 0.556. The summed E-state index contributed by atoms with van der Waals surface area (Å²) in [4.78, 5) is 26.1. The number of hydrogen-bond acceptors (Lipinski definition) is 3. The van der Waals surface area contributed by atoms with Crippen LogP contribution in [0, 0.1) is 5.92 Å². The second-order valence-electron chi connectivity index (χ2n) is 6.69. The summed E-state index contributed by atoms with van der Waals surface area (Å²) in [6.07, 6.45) is 2.13. The predicted octanol–water partition coefficient (Wildman–Crippen LogP) is 2.21. The third kappa shape index (κ3) is 5.36. The Morgan fingerprint density at radius 2 is 1.74 bits per heavy atom. The van der Waals surface area contributed by atoms with Crippen LogP contribution in [0.1, 0.15) is 38.2 Å². The number of nitrogens with zero attached hydrogens (tertiary/aromatic N) is 1. The van der Waals surface area contributed by atoms with Crippen LogP contribution in [0.5, 0.6) is 0 Å². The SMILES string of the molecule is CC(C)c1ccc(NC(=O)C(=O)NCC2CCN(C)CC2)cc1. The minimum Gasteiger partial charge on any atom is -0.348 e. The molecule has 0 aliphatic carbocycles. The van der Waals surface area contributed by atoms with Crippen molar-refractivity contribution in [3.05, 3.63) is 29.8 Å². The molecule has 0 bridgehead atoms. The Hall–Kier alpha value is -1.88. The fourth-order valence-corrected chi connectivity index (χ4v) is 2.72. The highest BCUT2D eigenvalue weighted by molar-refractivity contribution is 6.39. The lowest BCUT2D eigenvalue weighted by Crippen LogP contribution is -2.41. The summed E-state index contributed by atoms with van der Waals surface area (Å²) in [6, 6.07) is 7.60. The zero-order valence-corrected chi connectivity index (χ0v) is 14.3. The number of carbonyl (C=O) groups excluding carboxylic acids is 2. The molecule has 1 aliphatic rings. The molecule has 1 heterocycles. The van der Waals surface area contributed by atoms with E-state index < -0.39 is 11.8 Å². The fourth-order valence-electron chi connectivity index (χ4n) is 2.72. The molecule has 0 spiro atoms. The van der Waals surface area contributed by atoms with E-state index in [1.807, 2.05) is 24.3 Å². The third-order valence-electron chi connectivity index (χ3n) is 4.43. The first-order valence-corrected chi connectivity index (χ1v) is 8.33. The van der Waals surface area contributed by atoms with Gasteiger partial charge in [0.1, 0.15) is 0 Å². The van der Waals surface area contributed by atoms with Gasteiger partial charge in [-0.1, -0.05) is 26.0 Å². The van der Waals surface area contributed by atoms with Crippen LogP contribution in [0.15, 0.2) is 24.3 Å². The maximum atomic E-state index is 11.9. The van der Waals surface area contributed by atoms with Gasteiger partial charge in [-0.25, -0.2) is 0 Å². The summed E-state index contributed by atoms with van der Waals surface area (Å²) in [5.74, 6) is -0.252. The standard InChI is InChI=1S/C18H27N3O2/c1-13(2)15-4-6-16(7-5-15)20-18(23)17(22)19-12-14-8-10-21(3)11-9-14/h4-7,13-14H,8-12H2,1-3H3,(H,19,22)(H,20,23). The zero-order chi connectivity index (χ0) is 16.8. The molecule has 1 aromatic rings. The summed E-state index contributed by atoms with van der Waals surface area (Å²) in [6.45, 7) is 6.91. The maximum Gasteiger partial charge on any atom is 0.313 e. The third-order valence-corrected chi connectivity index (χ3v) is 4.43. The molecule has 0 atom stereocenters. The smallest absolute Gasteiger partial charge is 0.313 e. The average molecular weight is 317 g/mol. The minimum atomic E-state index is -0.602. The summed E-state index contributed by atoms with van der Waals surface area (Å²) >= 11 is 0. The van der Waals surface area contributed by atoms with Crippen LogP contribution in [-0.4, -0.2) is 43.4 Å². The largest absolute Gasteiger partial charge is 0.348 e. The van der Waals surface area contributed by atoms with Gasteiger partial charge in [0.25, 0.3) is 0 Å². The van der Waals surface area contributed by atoms with Gasteiger partial charge in [-0.05, 0) is 62.5 Å². The van der Waals surface area contributed by atoms with Gasteiger partial charge >= 0.3 is 11.8 Å². The van der Waals surface area contributed by atoms with Crippen LogP contribution < -0.4 is 10.6 Å². The van der Waals surface area contributed by atoms with Gasteiger partial charge < -0.3 is 15.5 Å². The summed E-state index contributed by atoms with van der Waals surface area (Å²) in [7, 11) is 2.10. The second kappa shape index (κ2) is 8.11. The summed E-state index contributed by atoms with van der Waals surface area (Å²) < 4.78 is 0. The normalized spacial score (nSPS) is 16.3. The first kappa shape index (κ1) is 17.5. The van der Waals surface area contributed by atoms with Gasteiger partial charge in [-0.2, -0.15) is 0 Å². The van der Waals surface area contributed by atoms with Crippen LogP contribution in [0.4, 0.5) is 5.69 Å². The predicted molar refractivity (Wildman–Crippen MR) is 92.4 cm³/mol. The van der Waals surface area contributed by atoms with Crippen LogP contribution in [0.2, 0.25) is 0 Å². The highest BCUT2D eigenvalue weighted by Crippen LogP contribution is 2.17. The van der Waals surface area contributed by atoms with Crippen molar-refractivity contribution in [1.82, 2.24) is 10.2 Å². The van der Waals surface area contributed by atoms with Gasteiger partial charge in [0.2, 0.25) is 0 Å². The number of piperidine rings is 1. The van der Waals surface area contributed by atoms with Gasteiger partial charge in [-0.3, -0.25) is 9.59 Å². The van der Waals surface area contributed by atoms with Crippen LogP contribution >= 0.6 is 0 Å². The van der Waals surface area contributed by atoms with E-state index in [0.717, 1.165) is 25.9 Å². The molecule has 2 N–H and O–H groups in total. The number of rotatable bonds is 4. The highest BCUT2D eigenvalue weighted by Gasteiger charge is 2.19. The van der Waals surface area contributed by atoms with Crippen LogP contribution in [-0.2, 0) is 9.59 Å². The molecule has 5 heteroatoms. The van der Waals surface area contributed by atoms with Crippen molar-refractivity contribution in [1.29, 1.82) is 0 Å². The lowest BCUT2D eigenvalue weighted by molar-refractivity contribution is -0.136. The van der Waals surface area contributed by atoms with Crippen LogP contribution in [0.3, 0.4) is 0 Å². The number of benzene rings is 1. The van der Waals surface area contributed by atoms with E-state index in [4.69, 9.17) is 0 Å². The molecule has 1 fully saturated rings. The van der Waals surface area contributed by atoms with E-state index >= 15 is 0 Å². The topological polar surface area (TPSA) is 61.4 Å². The number of nitrogens with one attached hydrogen (secondary N) is 2. The first-order chi connectivity index (χ1) is 11.0. The van der Waals surface area contributed by atoms with Gasteiger partial charge in [0.05, 0.1) is 0 Å². The molecule has 0 aromatic heterocycles. The molecule has 2 rings (SSSR count). The van der Waals surface area contributed by atoms with Gasteiger partial charge in [0.15, 0.2) is 0 Å². The Labute approximate surface area is 138 Å². The molecule has 0 radical (unpaired) electrons. The summed E-state index contributed by atoms with van der Waals surface area (Å²) in [5.41, 5.74) is 1.85. The van der Waals surface area contributed by atoms with Crippen molar-refractivity contribution in [3.8, 4) is 0 Å². The Morgan fingerprint density at radius 3 is 2.30 bits per heavy atom. The Bertz CT molecular complexity index is 532. The molecule has 2 amide bonds. The molecule has 0 saturated carbocycles. The number of anilines is 1. The Morgan fingerprint density at radius 1 is 1.13 bits per heavy atom. The molecule has 23 heavy (non-hydrogen) atoms. The van der Waals surface area contributed by atoms with Crippen molar-refractivity contribution in [2.45, 2.75) is 32.6 Å². The molecular weight excluding hydrogens is 290 g/mol. The average Bonchev–Trinajstić information content (AvgIpc) is 2.54. The van der Waals surface area contributed by atoms with Crippen molar-refractivity contribution in [2.75, 3.05) is 32.0 Å². The number of likely N-dealkylation sites (tertiary alicyclic amines) is 1. The lowest BCUT2D eigenvalue weighted by atomic mass is 9.97. The zero-order valence-electron chi connectivity index (χ0n) is 14.3. The molecule has 1 aromatic carbocycles. The van der Waals surface area contributed by atoms with E-state index in [9.17, 15) is 9.59 Å². The van der Waals surface area contributed by atoms with Crippen molar-refractivity contribution in [3.63, 3.8) is 0 Å². The van der Waals surface area contributed by atoms with E-state index in [2.05, 4.69) is 36.4 Å². The van der Waals surface area contributed by atoms with E-state index in [1.165, 1.54) is 5.56 Å². The first-order valence-electron chi connectivity index (χ1n) is 8.33. The Balaban J connectivity index is 1.77. The molecule has 1 aliphatic heterocycles.